The summed E-state index contributed by atoms with van der Waals surface area (Å²) in [5, 5.41) is 28.0. The van der Waals surface area contributed by atoms with Crippen molar-refractivity contribution in [2.75, 3.05) is 20.3 Å². The van der Waals surface area contributed by atoms with Crippen LogP contribution in [0.3, 0.4) is 0 Å². The molecule has 0 aromatic heterocycles. The molecule has 0 amide bonds. The van der Waals surface area contributed by atoms with Gasteiger partial charge in [-0.05, 0) is 57.8 Å². The molecular weight excluding hydrogens is 316 g/mol. The van der Waals surface area contributed by atoms with E-state index in [4.69, 9.17) is 14.9 Å². The van der Waals surface area contributed by atoms with Crippen molar-refractivity contribution in [3.05, 3.63) is 24.3 Å². The van der Waals surface area contributed by atoms with Gasteiger partial charge < -0.3 is 20.1 Å². The number of aliphatic hydroxyl groups is 3. The lowest BCUT2D eigenvalue weighted by Gasteiger charge is -2.33. The van der Waals surface area contributed by atoms with Crippen molar-refractivity contribution in [1.82, 2.24) is 0 Å². The molecule has 1 fully saturated rings. The van der Waals surface area contributed by atoms with Crippen LogP contribution in [0.4, 0.5) is 0 Å². The first-order chi connectivity index (χ1) is 12.2. The molecule has 1 rings (SSSR count). The van der Waals surface area contributed by atoms with Crippen molar-refractivity contribution >= 4 is 0 Å². The average Bonchev–Trinajstić information content (AvgIpc) is 2.94. The van der Waals surface area contributed by atoms with Crippen molar-refractivity contribution in [2.24, 2.45) is 5.92 Å². The number of ether oxygens (including phenoxy) is 1. The SMILES string of the molecule is COC1(CC=CCCCCO)CC[C@@H](O)[C@@H]1C=CCCCCCCO. The van der Waals surface area contributed by atoms with Crippen molar-refractivity contribution < 1.29 is 20.1 Å². The highest BCUT2D eigenvalue weighted by molar-refractivity contribution is 5.11. The van der Waals surface area contributed by atoms with E-state index in [9.17, 15) is 5.11 Å². The van der Waals surface area contributed by atoms with E-state index in [2.05, 4.69) is 24.3 Å². The van der Waals surface area contributed by atoms with Crippen molar-refractivity contribution in [3.8, 4) is 0 Å². The molecule has 3 N–H and O–H groups in total. The van der Waals surface area contributed by atoms with E-state index >= 15 is 0 Å². The predicted octanol–water partition coefficient (Wildman–Crippen LogP) is 3.75. The second-order valence-corrected chi connectivity index (χ2v) is 7.15. The third-order valence-electron chi connectivity index (χ3n) is 5.32. The lowest BCUT2D eigenvalue weighted by Crippen LogP contribution is -2.37. The van der Waals surface area contributed by atoms with Crippen LogP contribution >= 0.6 is 0 Å². The van der Waals surface area contributed by atoms with Gasteiger partial charge in [-0.3, -0.25) is 0 Å². The highest BCUT2D eigenvalue weighted by atomic mass is 16.5. The predicted molar refractivity (Wildman–Crippen MR) is 102 cm³/mol. The van der Waals surface area contributed by atoms with Crippen LogP contribution in [0.1, 0.15) is 70.6 Å². The quantitative estimate of drug-likeness (QED) is 0.328. The summed E-state index contributed by atoms with van der Waals surface area (Å²) in [5.41, 5.74) is -0.291. The maximum atomic E-state index is 10.4. The van der Waals surface area contributed by atoms with Gasteiger partial charge >= 0.3 is 0 Å². The van der Waals surface area contributed by atoms with Gasteiger partial charge in [-0.1, -0.05) is 37.1 Å². The van der Waals surface area contributed by atoms with E-state index in [1.54, 1.807) is 7.11 Å². The first-order valence-electron chi connectivity index (χ1n) is 9.97. The van der Waals surface area contributed by atoms with Crippen LogP contribution in [0.2, 0.25) is 0 Å². The smallest absolute Gasteiger partial charge is 0.0800 e. The third-order valence-corrected chi connectivity index (χ3v) is 5.32. The second-order valence-electron chi connectivity index (χ2n) is 7.15. The Bertz CT molecular complexity index is 380. The molecule has 1 aliphatic carbocycles. The van der Waals surface area contributed by atoms with Crippen LogP contribution in [0.15, 0.2) is 24.3 Å². The van der Waals surface area contributed by atoms with Crippen molar-refractivity contribution in [3.63, 3.8) is 0 Å². The molecule has 0 heterocycles. The standard InChI is InChI=1S/C21H38O4/c1-25-21(15-10-6-4-8-12-18-23)16-14-20(24)19(21)13-9-5-2-3-7-11-17-22/h6,9-10,13,19-20,22-24H,2-5,7-8,11-12,14-18H2,1H3/t19-,20+,21?/m0/s1. The number of aliphatic hydroxyl groups excluding tert-OH is 3. The van der Waals surface area contributed by atoms with Crippen LogP contribution in [0.25, 0.3) is 0 Å². The van der Waals surface area contributed by atoms with Crippen molar-refractivity contribution in [2.45, 2.75) is 82.3 Å². The molecule has 0 aromatic rings. The average molecular weight is 355 g/mol. The summed E-state index contributed by atoms with van der Waals surface area (Å²) in [5.74, 6) is 0.0528. The third kappa shape index (κ3) is 8.04. The molecular formula is C21H38O4. The maximum absolute atomic E-state index is 10.4. The Morgan fingerprint density at radius 1 is 0.920 bits per heavy atom. The summed E-state index contributed by atoms with van der Waals surface area (Å²) < 4.78 is 5.89. The Morgan fingerprint density at radius 3 is 2.28 bits per heavy atom. The number of hydrogen-bond acceptors (Lipinski definition) is 4. The number of methoxy groups -OCH3 is 1. The molecule has 4 heteroatoms. The molecule has 0 saturated heterocycles. The topological polar surface area (TPSA) is 69.9 Å². The lowest BCUT2D eigenvalue weighted by molar-refractivity contribution is -0.0418. The molecule has 0 radical (unpaired) electrons. The van der Waals surface area contributed by atoms with Gasteiger partial charge in [-0.15, -0.1) is 0 Å². The second kappa shape index (κ2) is 13.5. The Balaban J connectivity index is 2.47. The maximum Gasteiger partial charge on any atom is 0.0800 e. The molecule has 0 spiro atoms. The molecule has 25 heavy (non-hydrogen) atoms. The van der Waals surface area contributed by atoms with Gasteiger partial charge in [-0.2, -0.15) is 0 Å². The first kappa shape index (κ1) is 22.4. The number of allylic oxidation sites excluding steroid dienone is 2. The van der Waals surface area contributed by atoms with E-state index in [0.717, 1.165) is 70.6 Å². The van der Waals surface area contributed by atoms with Crippen LogP contribution in [0.5, 0.6) is 0 Å². The largest absolute Gasteiger partial charge is 0.396 e. The highest BCUT2D eigenvalue weighted by Crippen LogP contribution is 2.42. The Morgan fingerprint density at radius 2 is 1.56 bits per heavy atom. The van der Waals surface area contributed by atoms with E-state index in [0.29, 0.717) is 0 Å². The van der Waals surface area contributed by atoms with Gasteiger partial charge in [0.05, 0.1) is 11.7 Å². The first-order valence-corrected chi connectivity index (χ1v) is 9.97. The van der Waals surface area contributed by atoms with Crippen LogP contribution < -0.4 is 0 Å². The number of unbranched alkanes of at least 4 members (excludes halogenated alkanes) is 6. The zero-order valence-corrected chi connectivity index (χ0v) is 15.9. The van der Waals surface area contributed by atoms with Crippen LogP contribution in [0, 0.1) is 5.92 Å². The summed E-state index contributed by atoms with van der Waals surface area (Å²) in [6, 6.07) is 0. The lowest BCUT2D eigenvalue weighted by atomic mass is 9.85. The fraction of sp³-hybridized carbons (Fsp3) is 0.810. The minimum absolute atomic E-state index is 0.0528. The van der Waals surface area contributed by atoms with Crippen LogP contribution in [-0.2, 0) is 4.74 Å². The summed E-state index contributed by atoms with van der Waals surface area (Å²) in [7, 11) is 1.76. The molecule has 0 bridgehead atoms. The Kier molecular flexibility index (Phi) is 12.1. The number of rotatable bonds is 14. The zero-order valence-electron chi connectivity index (χ0n) is 15.9. The molecule has 4 nitrogen and oxygen atoms in total. The van der Waals surface area contributed by atoms with E-state index in [1.165, 1.54) is 0 Å². The minimum atomic E-state index is -0.326. The fourth-order valence-corrected chi connectivity index (χ4v) is 3.70. The molecule has 146 valence electrons. The molecule has 0 aliphatic heterocycles. The summed E-state index contributed by atoms with van der Waals surface area (Å²) in [6.45, 7) is 0.545. The monoisotopic (exact) mass is 354 g/mol. The van der Waals surface area contributed by atoms with Crippen LogP contribution in [-0.4, -0.2) is 47.3 Å². The minimum Gasteiger partial charge on any atom is -0.396 e. The van der Waals surface area contributed by atoms with Gasteiger partial charge in [0, 0.05) is 26.2 Å². The summed E-state index contributed by atoms with van der Waals surface area (Å²) in [4.78, 5) is 0. The number of hydrogen-bond donors (Lipinski definition) is 3. The fourth-order valence-electron chi connectivity index (χ4n) is 3.70. The van der Waals surface area contributed by atoms with E-state index in [-0.39, 0.29) is 30.8 Å². The molecule has 1 saturated carbocycles. The van der Waals surface area contributed by atoms with E-state index in [1.807, 2.05) is 0 Å². The molecule has 3 atom stereocenters. The normalized spacial score (nSPS) is 27.0. The van der Waals surface area contributed by atoms with Gasteiger partial charge in [0.15, 0.2) is 0 Å². The van der Waals surface area contributed by atoms with Gasteiger partial charge in [0.2, 0.25) is 0 Å². The van der Waals surface area contributed by atoms with Gasteiger partial charge in [0.25, 0.3) is 0 Å². The summed E-state index contributed by atoms with van der Waals surface area (Å²) >= 11 is 0. The Hall–Kier alpha value is -0.680. The summed E-state index contributed by atoms with van der Waals surface area (Å²) in [6.07, 6.45) is 19.0. The van der Waals surface area contributed by atoms with E-state index < -0.39 is 0 Å². The van der Waals surface area contributed by atoms with Gasteiger partial charge in [-0.25, -0.2) is 0 Å². The van der Waals surface area contributed by atoms with Crippen molar-refractivity contribution in [1.29, 1.82) is 0 Å². The molecule has 1 aliphatic rings. The molecule has 0 aromatic carbocycles. The van der Waals surface area contributed by atoms with Gasteiger partial charge in [0.1, 0.15) is 0 Å². The highest BCUT2D eigenvalue weighted by Gasteiger charge is 2.46. The Labute approximate surface area is 153 Å². The molecule has 1 unspecified atom stereocenters. The zero-order chi connectivity index (χ0) is 18.4.